The molecule has 0 aliphatic heterocycles. The first-order valence-electron chi connectivity index (χ1n) is 6.00. The van der Waals surface area contributed by atoms with Crippen LogP contribution in [0, 0.1) is 5.82 Å². The van der Waals surface area contributed by atoms with Crippen molar-refractivity contribution in [2.75, 3.05) is 16.6 Å². The Labute approximate surface area is 116 Å². The van der Waals surface area contributed by atoms with Crippen LogP contribution in [0.3, 0.4) is 0 Å². The van der Waals surface area contributed by atoms with E-state index in [1.165, 1.54) is 24.4 Å². The van der Waals surface area contributed by atoms with Gasteiger partial charge >= 0.3 is 0 Å². The Morgan fingerprint density at radius 1 is 1.25 bits per heavy atom. The SMILES string of the molecule is CCNc1cccnc1S(=O)(=O)Nc1cccc(F)c1. The van der Waals surface area contributed by atoms with E-state index < -0.39 is 15.8 Å². The highest BCUT2D eigenvalue weighted by atomic mass is 32.2. The highest BCUT2D eigenvalue weighted by Crippen LogP contribution is 2.21. The van der Waals surface area contributed by atoms with Gasteiger partial charge in [0.25, 0.3) is 10.0 Å². The first-order chi connectivity index (χ1) is 9.53. The molecule has 0 unspecified atom stereocenters. The monoisotopic (exact) mass is 295 g/mol. The van der Waals surface area contributed by atoms with Crippen molar-refractivity contribution in [3.8, 4) is 0 Å². The predicted octanol–water partition coefficient (Wildman–Crippen LogP) is 2.45. The Morgan fingerprint density at radius 3 is 2.75 bits per heavy atom. The van der Waals surface area contributed by atoms with Gasteiger partial charge in [0.1, 0.15) is 5.82 Å². The molecule has 1 aromatic heterocycles. The van der Waals surface area contributed by atoms with E-state index >= 15 is 0 Å². The molecule has 1 aromatic carbocycles. The topological polar surface area (TPSA) is 71.1 Å². The summed E-state index contributed by atoms with van der Waals surface area (Å²) in [5, 5.41) is 2.80. The van der Waals surface area contributed by atoms with Crippen LogP contribution in [0.4, 0.5) is 15.8 Å². The number of nitrogens with one attached hydrogen (secondary N) is 2. The van der Waals surface area contributed by atoms with Crippen molar-refractivity contribution in [3.05, 3.63) is 48.4 Å². The molecule has 0 amide bonds. The van der Waals surface area contributed by atoms with E-state index in [0.29, 0.717) is 12.2 Å². The molecular weight excluding hydrogens is 281 g/mol. The maximum absolute atomic E-state index is 13.1. The molecule has 0 atom stereocenters. The molecule has 0 saturated heterocycles. The molecule has 2 aromatic rings. The molecule has 2 N–H and O–H groups in total. The van der Waals surface area contributed by atoms with Crippen LogP contribution in [0.25, 0.3) is 0 Å². The Balaban J connectivity index is 2.36. The van der Waals surface area contributed by atoms with E-state index in [2.05, 4.69) is 15.0 Å². The van der Waals surface area contributed by atoms with Crippen molar-refractivity contribution in [1.29, 1.82) is 0 Å². The van der Waals surface area contributed by atoms with Gasteiger partial charge in [0.15, 0.2) is 5.03 Å². The minimum Gasteiger partial charge on any atom is -0.383 e. The number of anilines is 2. The van der Waals surface area contributed by atoms with Crippen molar-refractivity contribution < 1.29 is 12.8 Å². The second kappa shape index (κ2) is 5.87. The first kappa shape index (κ1) is 14.3. The average Bonchev–Trinajstić information content (AvgIpc) is 2.39. The number of rotatable bonds is 5. The smallest absolute Gasteiger partial charge is 0.281 e. The van der Waals surface area contributed by atoms with Gasteiger partial charge in [-0.3, -0.25) is 4.72 Å². The number of hydrogen-bond acceptors (Lipinski definition) is 4. The largest absolute Gasteiger partial charge is 0.383 e. The van der Waals surface area contributed by atoms with Gasteiger partial charge in [-0.25, -0.2) is 9.37 Å². The van der Waals surface area contributed by atoms with Gasteiger partial charge in [-0.1, -0.05) is 6.07 Å². The van der Waals surface area contributed by atoms with Gasteiger partial charge in [-0.15, -0.1) is 0 Å². The zero-order valence-corrected chi connectivity index (χ0v) is 11.6. The van der Waals surface area contributed by atoms with Crippen LogP contribution in [0.2, 0.25) is 0 Å². The molecule has 7 heteroatoms. The number of benzene rings is 1. The summed E-state index contributed by atoms with van der Waals surface area (Å²) >= 11 is 0. The molecule has 0 fully saturated rings. The quantitative estimate of drug-likeness (QED) is 0.889. The molecule has 0 radical (unpaired) electrons. The van der Waals surface area contributed by atoms with Gasteiger partial charge in [-0.2, -0.15) is 8.42 Å². The number of nitrogens with zero attached hydrogens (tertiary/aromatic N) is 1. The Hall–Kier alpha value is -2.15. The van der Waals surface area contributed by atoms with Crippen LogP contribution in [-0.2, 0) is 10.0 Å². The number of pyridine rings is 1. The molecule has 5 nitrogen and oxygen atoms in total. The Kier molecular flexibility index (Phi) is 4.19. The van der Waals surface area contributed by atoms with E-state index in [-0.39, 0.29) is 10.7 Å². The summed E-state index contributed by atoms with van der Waals surface area (Å²) in [7, 11) is -3.87. The lowest BCUT2D eigenvalue weighted by Gasteiger charge is -2.11. The van der Waals surface area contributed by atoms with Crippen molar-refractivity contribution in [3.63, 3.8) is 0 Å². The van der Waals surface area contributed by atoms with Crippen LogP contribution < -0.4 is 10.0 Å². The fraction of sp³-hybridized carbons (Fsp3) is 0.154. The number of sulfonamides is 1. The third-order valence-electron chi connectivity index (χ3n) is 2.47. The van der Waals surface area contributed by atoms with E-state index in [1.807, 2.05) is 6.92 Å². The van der Waals surface area contributed by atoms with E-state index in [9.17, 15) is 12.8 Å². The zero-order chi connectivity index (χ0) is 14.6. The molecule has 2 rings (SSSR count). The minimum atomic E-state index is -3.87. The summed E-state index contributed by atoms with van der Waals surface area (Å²) in [4.78, 5) is 3.88. The highest BCUT2D eigenvalue weighted by molar-refractivity contribution is 7.92. The maximum Gasteiger partial charge on any atom is 0.281 e. The van der Waals surface area contributed by atoms with Crippen molar-refractivity contribution in [2.45, 2.75) is 11.9 Å². The molecule has 106 valence electrons. The predicted molar refractivity (Wildman–Crippen MR) is 75.6 cm³/mol. The third kappa shape index (κ3) is 3.24. The molecule has 0 aliphatic carbocycles. The van der Waals surface area contributed by atoms with Crippen LogP contribution in [0.5, 0.6) is 0 Å². The zero-order valence-electron chi connectivity index (χ0n) is 10.8. The number of hydrogen-bond donors (Lipinski definition) is 2. The lowest BCUT2D eigenvalue weighted by molar-refractivity contribution is 0.598. The molecular formula is C13H14FN3O2S. The lowest BCUT2D eigenvalue weighted by Crippen LogP contribution is -2.17. The lowest BCUT2D eigenvalue weighted by atomic mass is 10.3. The van der Waals surface area contributed by atoms with E-state index in [1.54, 1.807) is 12.1 Å². The summed E-state index contributed by atoms with van der Waals surface area (Å²) in [6.45, 7) is 2.41. The fourth-order valence-corrected chi connectivity index (χ4v) is 2.85. The summed E-state index contributed by atoms with van der Waals surface area (Å²) < 4.78 is 39.9. The van der Waals surface area contributed by atoms with Gasteiger partial charge in [0.2, 0.25) is 0 Å². The van der Waals surface area contributed by atoms with Gasteiger partial charge in [0.05, 0.1) is 11.4 Å². The van der Waals surface area contributed by atoms with Crippen molar-refractivity contribution in [1.82, 2.24) is 4.98 Å². The summed E-state index contributed by atoms with van der Waals surface area (Å²) in [5.41, 5.74) is 0.553. The molecule has 20 heavy (non-hydrogen) atoms. The summed E-state index contributed by atoms with van der Waals surface area (Å²) in [6.07, 6.45) is 1.39. The second-order valence-electron chi connectivity index (χ2n) is 4.00. The normalized spacial score (nSPS) is 11.1. The fourth-order valence-electron chi connectivity index (χ4n) is 1.69. The van der Waals surface area contributed by atoms with Crippen molar-refractivity contribution >= 4 is 21.4 Å². The Bertz CT molecular complexity index is 704. The molecule has 0 bridgehead atoms. The van der Waals surface area contributed by atoms with Gasteiger partial charge < -0.3 is 5.32 Å². The van der Waals surface area contributed by atoms with Crippen LogP contribution in [-0.4, -0.2) is 19.9 Å². The Morgan fingerprint density at radius 2 is 2.05 bits per heavy atom. The molecule has 0 spiro atoms. The standard InChI is InChI=1S/C13H14FN3O2S/c1-2-15-12-7-4-8-16-13(12)20(18,19)17-11-6-3-5-10(14)9-11/h3-9,15,17H,2H2,1H3. The average molecular weight is 295 g/mol. The van der Waals surface area contributed by atoms with Gasteiger partial charge in [-0.05, 0) is 37.3 Å². The second-order valence-corrected chi connectivity index (χ2v) is 5.60. The molecule has 0 aliphatic rings. The van der Waals surface area contributed by atoms with E-state index in [0.717, 1.165) is 6.07 Å². The minimum absolute atomic E-state index is 0.119. The summed E-state index contributed by atoms with van der Waals surface area (Å²) in [5.74, 6) is -0.516. The van der Waals surface area contributed by atoms with E-state index in [4.69, 9.17) is 0 Å². The van der Waals surface area contributed by atoms with Crippen molar-refractivity contribution in [2.24, 2.45) is 0 Å². The number of aromatic nitrogens is 1. The third-order valence-corrected chi connectivity index (χ3v) is 3.81. The number of halogens is 1. The van der Waals surface area contributed by atoms with Crippen LogP contribution in [0.15, 0.2) is 47.6 Å². The molecule has 1 heterocycles. The maximum atomic E-state index is 13.1. The van der Waals surface area contributed by atoms with Crippen LogP contribution >= 0.6 is 0 Å². The summed E-state index contributed by atoms with van der Waals surface area (Å²) in [6, 6.07) is 8.50. The van der Waals surface area contributed by atoms with Gasteiger partial charge in [0, 0.05) is 12.7 Å². The first-order valence-corrected chi connectivity index (χ1v) is 7.48. The van der Waals surface area contributed by atoms with Crippen LogP contribution in [0.1, 0.15) is 6.92 Å². The highest BCUT2D eigenvalue weighted by Gasteiger charge is 2.20. The molecule has 0 saturated carbocycles.